The minimum absolute atomic E-state index is 0.0882. The molecule has 1 aliphatic heterocycles. The van der Waals surface area contributed by atoms with Gasteiger partial charge in [-0.25, -0.2) is 4.39 Å². The second-order valence-electron chi connectivity index (χ2n) is 3.93. The number of carbonyl (C=O) groups is 2. The lowest BCUT2D eigenvalue weighted by atomic mass is 9.96. The first-order valence-electron chi connectivity index (χ1n) is 5.24. The summed E-state index contributed by atoms with van der Waals surface area (Å²) < 4.78 is 18.3. The van der Waals surface area contributed by atoms with E-state index in [4.69, 9.17) is 4.74 Å². The summed E-state index contributed by atoms with van der Waals surface area (Å²) in [6.45, 7) is 0. The summed E-state index contributed by atoms with van der Waals surface area (Å²) in [5, 5.41) is 2.66. The Kier molecular flexibility index (Phi) is 3.08. The van der Waals surface area contributed by atoms with Gasteiger partial charge in [-0.1, -0.05) is 6.07 Å². The van der Waals surface area contributed by atoms with E-state index < -0.39 is 11.9 Å². The van der Waals surface area contributed by atoms with Gasteiger partial charge in [-0.2, -0.15) is 0 Å². The van der Waals surface area contributed by atoms with Crippen LogP contribution in [0.15, 0.2) is 18.2 Å². The number of ether oxygens (including phenoxy) is 1. The number of piperidine rings is 1. The fourth-order valence-corrected chi connectivity index (χ4v) is 1.88. The lowest BCUT2D eigenvalue weighted by Gasteiger charge is -2.23. The van der Waals surface area contributed by atoms with Crippen molar-refractivity contribution in [2.24, 2.45) is 0 Å². The molecule has 1 N–H and O–H groups in total. The highest BCUT2D eigenvalue weighted by molar-refractivity contribution is 6.00. The second-order valence-corrected chi connectivity index (χ2v) is 3.93. The van der Waals surface area contributed by atoms with Gasteiger partial charge in [0.2, 0.25) is 5.91 Å². The van der Waals surface area contributed by atoms with Gasteiger partial charge in [0.05, 0.1) is 19.6 Å². The maximum atomic E-state index is 13.5. The largest absolute Gasteiger partial charge is 0.494 e. The number of benzene rings is 1. The van der Waals surface area contributed by atoms with Crippen molar-refractivity contribution in [3.05, 3.63) is 29.6 Å². The summed E-state index contributed by atoms with van der Waals surface area (Å²) in [5.41, 5.74) is 0.574. The zero-order chi connectivity index (χ0) is 12.4. The standard InChI is InChI=1S/C12H12FNO3/c1-17-11-3-2-7(4-9(11)13)10-5-8(15)6-12(16)14-10/h2-4,10H,5-6H2,1H3,(H,14,16). The van der Waals surface area contributed by atoms with Gasteiger partial charge in [-0.15, -0.1) is 0 Å². The quantitative estimate of drug-likeness (QED) is 0.790. The van der Waals surface area contributed by atoms with Crippen molar-refractivity contribution in [3.63, 3.8) is 0 Å². The number of methoxy groups -OCH3 is 1. The average molecular weight is 237 g/mol. The van der Waals surface area contributed by atoms with Gasteiger partial charge in [0, 0.05) is 6.42 Å². The van der Waals surface area contributed by atoms with Crippen molar-refractivity contribution in [3.8, 4) is 5.75 Å². The third kappa shape index (κ3) is 2.43. The maximum Gasteiger partial charge on any atom is 0.227 e. The van der Waals surface area contributed by atoms with Crippen molar-refractivity contribution in [1.82, 2.24) is 5.32 Å². The summed E-state index contributed by atoms with van der Waals surface area (Å²) in [7, 11) is 1.38. The highest BCUT2D eigenvalue weighted by Gasteiger charge is 2.26. The topological polar surface area (TPSA) is 55.4 Å². The summed E-state index contributed by atoms with van der Waals surface area (Å²) in [5.74, 6) is -0.808. The van der Waals surface area contributed by atoms with Crippen LogP contribution in [0.5, 0.6) is 5.75 Å². The Morgan fingerprint density at radius 2 is 2.18 bits per heavy atom. The molecule has 5 heteroatoms. The van der Waals surface area contributed by atoms with Gasteiger partial charge >= 0.3 is 0 Å². The Bertz CT molecular complexity index is 457. The predicted octanol–water partition coefficient (Wildman–Crippen LogP) is 1.35. The zero-order valence-electron chi connectivity index (χ0n) is 9.33. The van der Waals surface area contributed by atoms with Gasteiger partial charge in [0.25, 0.3) is 0 Å². The molecule has 0 bridgehead atoms. The Morgan fingerprint density at radius 1 is 1.41 bits per heavy atom. The van der Waals surface area contributed by atoms with Crippen LogP contribution in [-0.2, 0) is 9.59 Å². The van der Waals surface area contributed by atoms with E-state index in [1.807, 2.05) is 0 Å². The molecule has 1 unspecified atom stereocenters. The number of hydrogen-bond donors (Lipinski definition) is 1. The molecule has 0 radical (unpaired) electrons. The van der Waals surface area contributed by atoms with Gasteiger partial charge in [-0.05, 0) is 17.7 Å². The van der Waals surface area contributed by atoms with Crippen molar-refractivity contribution in [1.29, 1.82) is 0 Å². The van der Waals surface area contributed by atoms with Crippen LogP contribution in [0.1, 0.15) is 24.4 Å². The van der Waals surface area contributed by atoms with E-state index in [0.717, 1.165) is 0 Å². The molecule has 0 aliphatic carbocycles. The highest BCUT2D eigenvalue weighted by Crippen LogP contribution is 2.25. The van der Waals surface area contributed by atoms with Crippen molar-refractivity contribution in [2.45, 2.75) is 18.9 Å². The van der Waals surface area contributed by atoms with Gasteiger partial charge in [-0.3, -0.25) is 9.59 Å². The molecule has 4 nitrogen and oxygen atoms in total. The number of rotatable bonds is 2. The van der Waals surface area contributed by atoms with Gasteiger partial charge in [0.1, 0.15) is 5.78 Å². The Morgan fingerprint density at radius 3 is 2.76 bits per heavy atom. The lowest BCUT2D eigenvalue weighted by Crippen LogP contribution is -2.36. The van der Waals surface area contributed by atoms with Crippen LogP contribution in [0.4, 0.5) is 4.39 Å². The lowest BCUT2D eigenvalue weighted by molar-refractivity contribution is -0.132. The van der Waals surface area contributed by atoms with Crippen LogP contribution in [0.25, 0.3) is 0 Å². The predicted molar refractivity (Wildman–Crippen MR) is 58.1 cm³/mol. The van der Waals surface area contributed by atoms with Crippen LogP contribution in [-0.4, -0.2) is 18.8 Å². The molecule has 1 heterocycles. The first kappa shape index (κ1) is 11.6. The fourth-order valence-electron chi connectivity index (χ4n) is 1.88. The van der Waals surface area contributed by atoms with Crippen LogP contribution >= 0.6 is 0 Å². The minimum atomic E-state index is -0.503. The maximum absolute atomic E-state index is 13.5. The molecule has 1 atom stereocenters. The smallest absolute Gasteiger partial charge is 0.227 e. The Labute approximate surface area is 97.8 Å². The van der Waals surface area contributed by atoms with Crippen LogP contribution < -0.4 is 10.1 Å². The fraction of sp³-hybridized carbons (Fsp3) is 0.333. The normalized spacial score (nSPS) is 20.0. The molecule has 1 aromatic rings. The SMILES string of the molecule is COc1ccc(C2CC(=O)CC(=O)N2)cc1F. The molecule has 1 fully saturated rings. The van der Waals surface area contributed by atoms with Crippen LogP contribution in [0.3, 0.4) is 0 Å². The molecular weight excluding hydrogens is 225 g/mol. The summed E-state index contributed by atoms with van der Waals surface area (Å²) in [4.78, 5) is 22.5. The number of Topliss-reactive ketones (excluding diaryl/α,β-unsaturated/α-hetero) is 1. The molecule has 2 rings (SSSR count). The second kappa shape index (κ2) is 4.53. The number of ketones is 1. The Balaban J connectivity index is 2.25. The van der Waals surface area contributed by atoms with E-state index in [1.54, 1.807) is 6.07 Å². The minimum Gasteiger partial charge on any atom is -0.494 e. The van der Waals surface area contributed by atoms with E-state index in [0.29, 0.717) is 5.56 Å². The molecule has 17 heavy (non-hydrogen) atoms. The molecule has 1 amide bonds. The van der Waals surface area contributed by atoms with Crippen molar-refractivity contribution >= 4 is 11.7 Å². The molecular formula is C12H12FNO3. The van der Waals surface area contributed by atoms with E-state index in [2.05, 4.69) is 5.32 Å². The Hall–Kier alpha value is -1.91. The third-order valence-electron chi connectivity index (χ3n) is 2.70. The number of halogens is 1. The molecule has 0 saturated carbocycles. The van der Waals surface area contributed by atoms with Crippen LogP contribution in [0, 0.1) is 5.82 Å². The summed E-state index contributed by atoms with van der Waals surface area (Å²) in [6.07, 6.45) is 0.118. The van der Waals surface area contributed by atoms with E-state index >= 15 is 0 Å². The molecule has 0 spiro atoms. The molecule has 90 valence electrons. The summed E-state index contributed by atoms with van der Waals surface area (Å²) in [6, 6.07) is 3.97. The zero-order valence-corrected chi connectivity index (χ0v) is 9.33. The number of amides is 1. The van der Waals surface area contributed by atoms with E-state index in [-0.39, 0.29) is 30.3 Å². The highest BCUT2D eigenvalue weighted by atomic mass is 19.1. The average Bonchev–Trinajstić information content (AvgIpc) is 2.27. The number of nitrogens with one attached hydrogen (secondary N) is 1. The van der Waals surface area contributed by atoms with Crippen molar-refractivity contribution in [2.75, 3.05) is 7.11 Å². The molecule has 1 aliphatic rings. The van der Waals surface area contributed by atoms with Gasteiger partial charge < -0.3 is 10.1 Å². The number of carbonyl (C=O) groups excluding carboxylic acids is 2. The summed E-state index contributed by atoms with van der Waals surface area (Å²) >= 11 is 0. The van der Waals surface area contributed by atoms with E-state index in [9.17, 15) is 14.0 Å². The van der Waals surface area contributed by atoms with Crippen molar-refractivity contribution < 1.29 is 18.7 Å². The molecule has 1 aromatic carbocycles. The first-order valence-corrected chi connectivity index (χ1v) is 5.24. The monoisotopic (exact) mass is 237 g/mol. The van der Waals surface area contributed by atoms with Crippen LogP contribution in [0.2, 0.25) is 0 Å². The van der Waals surface area contributed by atoms with Gasteiger partial charge in [0.15, 0.2) is 11.6 Å². The van der Waals surface area contributed by atoms with E-state index in [1.165, 1.54) is 19.2 Å². The third-order valence-corrected chi connectivity index (χ3v) is 2.70. The number of hydrogen-bond acceptors (Lipinski definition) is 3. The first-order chi connectivity index (χ1) is 8.10. The molecule has 0 aromatic heterocycles. The molecule has 1 saturated heterocycles.